The van der Waals surface area contributed by atoms with Gasteiger partial charge < -0.3 is 23.4 Å². The predicted molar refractivity (Wildman–Crippen MR) is 112 cm³/mol. The van der Waals surface area contributed by atoms with Crippen LogP contribution >= 0.6 is 23.4 Å². The number of hydrogen-bond donors (Lipinski definition) is 0. The van der Waals surface area contributed by atoms with Gasteiger partial charge in [0, 0.05) is 16.3 Å². The molecular formula is C20H21ClN2O5S. The van der Waals surface area contributed by atoms with E-state index in [9.17, 15) is 0 Å². The molecule has 1 aromatic heterocycles. The molecule has 3 aromatic rings. The molecule has 0 saturated heterocycles. The van der Waals surface area contributed by atoms with Crippen molar-refractivity contribution in [2.24, 2.45) is 0 Å². The van der Waals surface area contributed by atoms with Crippen LogP contribution in [0.2, 0.25) is 5.02 Å². The molecule has 154 valence electrons. The maximum Gasteiger partial charge on any atom is 0.276 e. The summed E-state index contributed by atoms with van der Waals surface area (Å²) in [4.78, 5) is 0. The maximum absolute atomic E-state index is 5.96. The molecule has 0 saturated carbocycles. The van der Waals surface area contributed by atoms with Gasteiger partial charge in [0.25, 0.3) is 5.22 Å². The van der Waals surface area contributed by atoms with Gasteiger partial charge in [-0.15, -0.1) is 10.2 Å². The molecule has 1 heterocycles. The van der Waals surface area contributed by atoms with Gasteiger partial charge in [-0.1, -0.05) is 23.4 Å². The fourth-order valence-electron chi connectivity index (χ4n) is 2.64. The third kappa shape index (κ3) is 5.07. The molecule has 0 atom stereocenters. The normalized spacial score (nSPS) is 10.7. The fourth-order valence-corrected chi connectivity index (χ4v) is 3.45. The summed E-state index contributed by atoms with van der Waals surface area (Å²) in [6.07, 6.45) is 0. The number of rotatable bonds is 9. The van der Waals surface area contributed by atoms with Crippen LogP contribution < -0.4 is 18.9 Å². The Kier molecular flexibility index (Phi) is 7.11. The Morgan fingerprint density at radius 2 is 1.69 bits per heavy atom. The summed E-state index contributed by atoms with van der Waals surface area (Å²) >= 11 is 7.37. The number of thioether (sulfide) groups is 1. The van der Waals surface area contributed by atoms with E-state index in [4.69, 9.17) is 35.0 Å². The van der Waals surface area contributed by atoms with Gasteiger partial charge in [-0.3, -0.25) is 0 Å². The van der Waals surface area contributed by atoms with Crippen LogP contribution in [0.1, 0.15) is 5.56 Å². The zero-order valence-electron chi connectivity index (χ0n) is 16.5. The zero-order chi connectivity index (χ0) is 20.8. The highest BCUT2D eigenvalue weighted by molar-refractivity contribution is 7.99. The second-order valence-electron chi connectivity index (χ2n) is 5.89. The van der Waals surface area contributed by atoms with Gasteiger partial charge in [-0.2, -0.15) is 0 Å². The average Bonchev–Trinajstić information content (AvgIpc) is 3.20. The van der Waals surface area contributed by atoms with Crippen LogP contribution in [0.3, 0.4) is 0 Å². The lowest BCUT2D eigenvalue weighted by Gasteiger charge is -2.12. The first kappa shape index (κ1) is 21.1. The Labute approximate surface area is 178 Å². The molecular weight excluding hydrogens is 416 g/mol. The van der Waals surface area contributed by atoms with Crippen LogP contribution in [0, 0.1) is 6.92 Å². The Hall–Kier alpha value is -2.58. The first-order chi connectivity index (χ1) is 14.0. The summed E-state index contributed by atoms with van der Waals surface area (Å²) in [7, 11) is 4.66. The van der Waals surface area contributed by atoms with Crippen LogP contribution in [0.5, 0.6) is 23.0 Å². The second-order valence-corrected chi connectivity index (χ2v) is 7.38. The number of ether oxygens (including phenoxy) is 4. The van der Waals surface area contributed by atoms with Gasteiger partial charge in [-0.25, -0.2) is 0 Å². The Morgan fingerprint density at radius 1 is 0.966 bits per heavy atom. The first-order valence-corrected chi connectivity index (χ1v) is 10.1. The number of halogens is 1. The standard InChI is InChI=1S/C20H21ClN2O5S/c1-12-9-14(21)5-6-15(12)27-7-8-29-20-23-22-19(28-20)13-10-16(24-2)18(26-4)17(11-13)25-3/h5-6,9-11H,7-8H2,1-4H3. The molecule has 7 nitrogen and oxygen atoms in total. The van der Waals surface area contributed by atoms with Crippen LogP contribution in [0.25, 0.3) is 11.5 Å². The van der Waals surface area contributed by atoms with E-state index < -0.39 is 0 Å². The molecule has 0 radical (unpaired) electrons. The summed E-state index contributed by atoms with van der Waals surface area (Å²) in [5, 5.41) is 9.33. The van der Waals surface area contributed by atoms with Gasteiger partial charge in [0.2, 0.25) is 11.6 Å². The number of benzene rings is 2. The SMILES string of the molecule is COc1cc(-c2nnc(SCCOc3ccc(Cl)cc3C)o2)cc(OC)c1OC. The molecule has 0 unspecified atom stereocenters. The number of hydrogen-bond acceptors (Lipinski definition) is 8. The highest BCUT2D eigenvalue weighted by atomic mass is 35.5. The maximum atomic E-state index is 5.96. The number of nitrogens with zero attached hydrogens (tertiary/aromatic N) is 2. The van der Waals surface area contributed by atoms with Gasteiger partial charge in [-0.05, 0) is 42.8 Å². The van der Waals surface area contributed by atoms with Crippen molar-refractivity contribution >= 4 is 23.4 Å². The monoisotopic (exact) mass is 436 g/mol. The lowest BCUT2D eigenvalue weighted by atomic mass is 10.2. The molecule has 0 amide bonds. The topological polar surface area (TPSA) is 75.8 Å². The van der Waals surface area contributed by atoms with E-state index >= 15 is 0 Å². The fraction of sp³-hybridized carbons (Fsp3) is 0.300. The lowest BCUT2D eigenvalue weighted by molar-refractivity contribution is 0.324. The van der Waals surface area contributed by atoms with Crippen molar-refractivity contribution in [1.29, 1.82) is 0 Å². The van der Waals surface area contributed by atoms with Crippen molar-refractivity contribution in [1.82, 2.24) is 10.2 Å². The summed E-state index contributed by atoms with van der Waals surface area (Å²) in [5.74, 6) is 3.35. The summed E-state index contributed by atoms with van der Waals surface area (Å²) in [5.41, 5.74) is 1.66. The molecule has 0 aliphatic carbocycles. The van der Waals surface area contributed by atoms with E-state index in [0.29, 0.717) is 51.3 Å². The van der Waals surface area contributed by atoms with Crippen LogP contribution in [-0.4, -0.2) is 43.9 Å². The minimum absolute atomic E-state index is 0.362. The van der Waals surface area contributed by atoms with Crippen molar-refractivity contribution in [3.05, 3.63) is 40.9 Å². The number of aryl methyl sites for hydroxylation is 1. The summed E-state index contributed by atoms with van der Waals surface area (Å²) in [6.45, 7) is 2.45. The van der Waals surface area contributed by atoms with Crippen molar-refractivity contribution in [3.63, 3.8) is 0 Å². The van der Waals surface area contributed by atoms with E-state index in [1.165, 1.54) is 11.8 Å². The van der Waals surface area contributed by atoms with E-state index in [1.54, 1.807) is 39.5 Å². The van der Waals surface area contributed by atoms with Crippen molar-refractivity contribution in [2.75, 3.05) is 33.7 Å². The molecule has 3 rings (SSSR count). The summed E-state index contributed by atoms with van der Waals surface area (Å²) < 4.78 is 27.6. The van der Waals surface area contributed by atoms with Crippen LogP contribution in [0.4, 0.5) is 0 Å². The molecule has 2 aromatic carbocycles. The van der Waals surface area contributed by atoms with Gasteiger partial charge in [0.1, 0.15) is 5.75 Å². The Balaban J connectivity index is 1.63. The quantitative estimate of drug-likeness (QED) is 0.346. The highest BCUT2D eigenvalue weighted by Gasteiger charge is 2.17. The van der Waals surface area contributed by atoms with Gasteiger partial charge in [0.05, 0.1) is 27.9 Å². The lowest BCUT2D eigenvalue weighted by Crippen LogP contribution is -2.01. The molecule has 0 spiro atoms. The van der Waals surface area contributed by atoms with Crippen molar-refractivity contribution in [3.8, 4) is 34.5 Å². The van der Waals surface area contributed by atoms with Crippen LogP contribution in [-0.2, 0) is 0 Å². The zero-order valence-corrected chi connectivity index (χ0v) is 18.1. The molecule has 0 aliphatic rings. The second kappa shape index (κ2) is 9.76. The van der Waals surface area contributed by atoms with Crippen molar-refractivity contribution in [2.45, 2.75) is 12.1 Å². The molecule has 0 N–H and O–H groups in total. The third-order valence-corrected chi connectivity index (χ3v) is 5.04. The molecule has 0 bridgehead atoms. The molecule has 29 heavy (non-hydrogen) atoms. The number of methoxy groups -OCH3 is 3. The van der Waals surface area contributed by atoms with E-state index in [2.05, 4.69) is 10.2 Å². The smallest absolute Gasteiger partial charge is 0.276 e. The molecule has 0 fully saturated rings. The Bertz CT molecular complexity index is 954. The average molecular weight is 437 g/mol. The van der Waals surface area contributed by atoms with E-state index in [0.717, 1.165) is 11.3 Å². The Morgan fingerprint density at radius 3 is 2.31 bits per heavy atom. The van der Waals surface area contributed by atoms with Crippen LogP contribution in [0.15, 0.2) is 40.0 Å². The minimum Gasteiger partial charge on any atom is -0.493 e. The van der Waals surface area contributed by atoms with Gasteiger partial charge in [0.15, 0.2) is 11.5 Å². The third-order valence-electron chi connectivity index (χ3n) is 4.02. The van der Waals surface area contributed by atoms with Crippen molar-refractivity contribution < 1.29 is 23.4 Å². The highest BCUT2D eigenvalue weighted by Crippen LogP contribution is 2.41. The largest absolute Gasteiger partial charge is 0.493 e. The predicted octanol–water partition coefficient (Wildman–Crippen LogP) is 4.90. The first-order valence-electron chi connectivity index (χ1n) is 8.71. The summed E-state index contributed by atoms with van der Waals surface area (Å²) in [6, 6.07) is 9.05. The number of aromatic nitrogens is 2. The minimum atomic E-state index is 0.362. The van der Waals surface area contributed by atoms with E-state index in [-0.39, 0.29) is 0 Å². The molecule has 9 heteroatoms. The van der Waals surface area contributed by atoms with Gasteiger partial charge >= 0.3 is 0 Å². The molecule has 0 aliphatic heterocycles. The van der Waals surface area contributed by atoms with E-state index in [1.807, 2.05) is 19.1 Å².